The Kier molecular flexibility index (Phi) is 12.1. The van der Waals surface area contributed by atoms with Crippen molar-refractivity contribution in [2.75, 3.05) is 63.1 Å². The Labute approximate surface area is 319 Å². The van der Waals surface area contributed by atoms with E-state index in [-0.39, 0.29) is 75.0 Å². The van der Waals surface area contributed by atoms with Gasteiger partial charge < -0.3 is 24.2 Å². The van der Waals surface area contributed by atoms with Crippen molar-refractivity contribution in [1.82, 2.24) is 9.80 Å². The molecular weight excluding hydrogens is 777 g/mol. The molecule has 0 unspecified atom stereocenters. The Balaban J connectivity index is 1.26. The monoisotopic (exact) mass is 812 g/mol. The predicted octanol–water partition coefficient (Wildman–Crippen LogP) is 4.24. The number of ether oxygens (including phenoxy) is 4. The normalized spacial score (nSPS) is 16.7. The van der Waals surface area contributed by atoms with Crippen molar-refractivity contribution in [1.29, 1.82) is 0 Å². The molecule has 290 valence electrons. The molecular formula is C35H36Cl2F2N4O10S. The van der Waals surface area contributed by atoms with Gasteiger partial charge in [0.1, 0.15) is 22.7 Å². The number of sulfonamides is 1. The molecule has 3 aliphatic rings. The third-order valence-electron chi connectivity index (χ3n) is 9.10. The molecule has 6 rings (SSSR count). The molecule has 0 N–H and O–H groups in total. The topological polar surface area (TPSA) is 159 Å². The molecule has 2 aromatic carbocycles. The summed E-state index contributed by atoms with van der Waals surface area (Å²) in [6, 6.07) is 8.19. The van der Waals surface area contributed by atoms with E-state index in [1.165, 1.54) is 36.4 Å². The van der Waals surface area contributed by atoms with Crippen LogP contribution in [0.1, 0.15) is 50.8 Å². The molecule has 19 heteroatoms. The van der Waals surface area contributed by atoms with Crippen LogP contribution in [0.25, 0.3) is 0 Å². The molecule has 3 aromatic rings. The van der Waals surface area contributed by atoms with Gasteiger partial charge in [-0.05, 0) is 48.6 Å². The van der Waals surface area contributed by atoms with Gasteiger partial charge in [-0.2, -0.15) is 13.5 Å². The van der Waals surface area contributed by atoms with Gasteiger partial charge in [-0.3, -0.25) is 28.5 Å². The van der Waals surface area contributed by atoms with E-state index in [4.69, 9.17) is 37.4 Å². The van der Waals surface area contributed by atoms with Gasteiger partial charge in [0.25, 0.3) is 11.8 Å². The van der Waals surface area contributed by atoms with Crippen LogP contribution in [0.3, 0.4) is 0 Å². The maximum absolute atomic E-state index is 13.9. The second-order valence-electron chi connectivity index (χ2n) is 13.0. The molecule has 1 saturated heterocycles. The number of carbonyl (C=O) groups is 3. The molecule has 1 saturated carbocycles. The van der Waals surface area contributed by atoms with Gasteiger partial charge >= 0.3 is 12.6 Å². The van der Waals surface area contributed by atoms with E-state index in [0.717, 1.165) is 35.8 Å². The van der Waals surface area contributed by atoms with Crippen LogP contribution in [0.2, 0.25) is 10.0 Å². The first-order chi connectivity index (χ1) is 25.7. The molecule has 0 bridgehead atoms. The predicted molar refractivity (Wildman–Crippen MR) is 191 cm³/mol. The second-order valence-corrected chi connectivity index (χ2v) is 15.7. The lowest BCUT2D eigenvalue weighted by Gasteiger charge is -2.30. The van der Waals surface area contributed by atoms with E-state index in [1.807, 2.05) is 4.90 Å². The van der Waals surface area contributed by atoms with Crippen LogP contribution in [-0.4, -0.2) is 101 Å². The van der Waals surface area contributed by atoms with Crippen molar-refractivity contribution in [3.63, 3.8) is 0 Å². The molecule has 2 amide bonds. The third kappa shape index (κ3) is 9.32. The number of hydrogen-bond acceptors (Lipinski definition) is 11. The second kappa shape index (κ2) is 16.6. The Hall–Kier alpha value is -4.29. The fourth-order valence-corrected chi connectivity index (χ4v) is 7.70. The first-order valence-corrected chi connectivity index (χ1v) is 19.5. The summed E-state index contributed by atoms with van der Waals surface area (Å²) in [7, 11) is -3.93. The number of imide groups is 1. The van der Waals surface area contributed by atoms with Gasteiger partial charge in [0.2, 0.25) is 10.0 Å². The molecule has 2 aliphatic heterocycles. The zero-order valence-electron chi connectivity index (χ0n) is 28.9. The summed E-state index contributed by atoms with van der Waals surface area (Å²) >= 11 is 12.7. The van der Waals surface area contributed by atoms with Gasteiger partial charge in [0, 0.05) is 38.2 Å². The van der Waals surface area contributed by atoms with E-state index in [9.17, 15) is 36.8 Å². The van der Waals surface area contributed by atoms with Crippen molar-refractivity contribution in [2.45, 2.75) is 32.0 Å². The summed E-state index contributed by atoms with van der Waals surface area (Å²) < 4.78 is 75.6. The molecule has 1 aliphatic carbocycles. The molecule has 0 radical (unpaired) electrons. The number of hydrogen-bond donors (Lipinski definition) is 0. The number of aromatic nitrogens is 1. The minimum atomic E-state index is -3.93. The maximum Gasteiger partial charge on any atom is 0.387 e. The zero-order chi connectivity index (χ0) is 38.7. The third-order valence-corrected chi connectivity index (χ3v) is 10.9. The molecule has 1 aromatic heterocycles. The molecule has 0 spiro atoms. The Morgan fingerprint density at radius 1 is 1.07 bits per heavy atom. The summed E-state index contributed by atoms with van der Waals surface area (Å²) in [6.45, 7) is -1.26. The standard InChI is InChI=1S/C35H36Cl2F2N4O10S/c1-54(48,49)43(10-9-40-11-13-50-14-12-40)27-4-2-3-23-32(27)34(46)42(33(23)45)19-31(44)52-29(16-24-25(36)17-41(47)18-26(24)37)22-7-8-28(53-35(38)39)30(15-22)51-20-21-5-6-21/h2-4,7-8,15,17-18,21,29,35H,5-6,9-14,16,19-20H2,1H3/t29-/m0/s1. The quantitative estimate of drug-likeness (QED) is 0.0882. The van der Waals surface area contributed by atoms with Crippen LogP contribution in [-0.2, 0) is 30.7 Å². The van der Waals surface area contributed by atoms with Gasteiger partial charge in [-0.15, -0.1) is 0 Å². The van der Waals surface area contributed by atoms with E-state index in [2.05, 4.69) is 4.74 Å². The van der Waals surface area contributed by atoms with Crippen molar-refractivity contribution in [3.05, 3.63) is 86.3 Å². The Bertz CT molecular complexity index is 2010. The SMILES string of the molecule is CS(=O)(=O)N(CCN1CCOCC1)c1cccc2c1C(=O)N(CC(=O)O[C@@H](Cc1c(Cl)c[n+]([O-])cc1Cl)c1ccc(OC(F)F)c(OCC3CC3)c1)C2=O. The zero-order valence-corrected chi connectivity index (χ0v) is 31.2. The summed E-state index contributed by atoms with van der Waals surface area (Å²) in [5.41, 5.74) is 0.155. The first kappa shape index (κ1) is 39.4. The van der Waals surface area contributed by atoms with E-state index < -0.39 is 47.1 Å². The van der Waals surface area contributed by atoms with Crippen LogP contribution in [0, 0.1) is 11.1 Å². The number of fused-ring (bicyclic) bond motifs is 1. The number of carbonyl (C=O) groups excluding carboxylic acids is 3. The average molecular weight is 814 g/mol. The van der Waals surface area contributed by atoms with Gasteiger partial charge in [0.05, 0.1) is 42.9 Å². The number of morpholine rings is 1. The number of rotatable bonds is 16. The highest BCUT2D eigenvalue weighted by Crippen LogP contribution is 2.38. The number of halogens is 4. The number of nitrogens with zero attached hydrogens (tertiary/aromatic N) is 4. The highest BCUT2D eigenvalue weighted by atomic mass is 35.5. The first-order valence-electron chi connectivity index (χ1n) is 16.9. The fraction of sp³-hybridized carbons (Fsp3) is 0.429. The van der Waals surface area contributed by atoms with Crippen LogP contribution < -0.4 is 18.5 Å². The lowest BCUT2D eigenvalue weighted by molar-refractivity contribution is -0.605. The van der Waals surface area contributed by atoms with Crippen LogP contribution >= 0.6 is 23.2 Å². The lowest BCUT2D eigenvalue weighted by atomic mass is 10.0. The van der Waals surface area contributed by atoms with Crippen LogP contribution in [0.15, 0.2) is 48.8 Å². The number of alkyl halides is 2. The van der Waals surface area contributed by atoms with Crippen molar-refractivity contribution >= 4 is 56.7 Å². The largest absolute Gasteiger partial charge is 0.619 e. The average Bonchev–Trinajstić information content (AvgIpc) is 3.91. The summed E-state index contributed by atoms with van der Waals surface area (Å²) in [6.07, 6.45) is 3.43. The number of esters is 1. The lowest BCUT2D eigenvalue weighted by Crippen LogP contribution is -2.43. The number of amides is 2. The Morgan fingerprint density at radius 2 is 1.78 bits per heavy atom. The van der Waals surface area contributed by atoms with Crippen LogP contribution in [0.5, 0.6) is 11.5 Å². The van der Waals surface area contributed by atoms with E-state index in [1.54, 1.807) is 0 Å². The molecule has 54 heavy (non-hydrogen) atoms. The van der Waals surface area contributed by atoms with E-state index in [0.29, 0.717) is 42.5 Å². The van der Waals surface area contributed by atoms with Crippen molar-refractivity contribution in [3.8, 4) is 11.5 Å². The number of anilines is 1. The molecule has 1 atom stereocenters. The van der Waals surface area contributed by atoms with Crippen LogP contribution in [0.4, 0.5) is 14.5 Å². The Morgan fingerprint density at radius 3 is 2.43 bits per heavy atom. The summed E-state index contributed by atoms with van der Waals surface area (Å²) in [4.78, 5) is 43.8. The summed E-state index contributed by atoms with van der Waals surface area (Å²) in [5.74, 6) is -2.85. The van der Waals surface area contributed by atoms with Gasteiger partial charge in [-0.25, -0.2) is 8.42 Å². The highest BCUT2D eigenvalue weighted by molar-refractivity contribution is 7.92. The van der Waals surface area contributed by atoms with Crippen molar-refractivity contribution < 1.29 is 55.3 Å². The molecule has 3 heterocycles. The van der Waals surface area contributed by atoms with Gasteiger partial charge in [0.15, 0.2) is 23.9 Å². The highest BCUT2D eigenvalue weighted by Gasteiger charge is 2.41. The van der Waals surface area contributed by atoms with Gasteiger partial charge in [-0.1, -0.05) is 35.3 Å². The fourth-order valence-electron chi connectivity index (χ4n) is 6.18. The minimum Gasteiger partial charge on any atom is -0.619 e. The molecule has 14 nitrogen and oxygen atoms in total. The smallest absolute Gasteiger partial charge is 0.387 e. The number of benzene rings is 2. The van der Waals surface area contributed by atoms with Crippen molar-refractivity contribution in [2.24, 2.45) is 5.92 Å². The molecule has 2 fully saturated rings. The van der Waals surface area contributed by atoms with E-state index >= 15 is 0 Å². The summed E-state index contributed by atoms with van der Waals surface area (Å²) in [5, 5.41) is 11.8. The minimum absolute atomic E-state index is 0.00900. The maximum atomic E-state index is 13.9. The number of pyridine rings is 1.